The number of carbonyl (C=O) groups is 3. The van der Waals surface area contributed by atoms with Crippen molar-refractivity contribution >= 4 is 17.8 Å². The molecule has 1 aromatic heterocycles. The maximum atomic E-state index is 13.2. The first-order valence-corrected chi connectivity index (χ1v) is 8.38. The summed E-state index contributed by atoms with van der Waals surface area (Å²) >= 11 is 0. The molecule has 8 nitrogen and oxygen atoms in total. The van der Waals surface area contributed by atoms with Crippen molar-refractivity contribution in [2.75, 3.05) is 7.11 Å². The van der Waals surface area contributed by atoms with Crippen LogP contribution in [0.4, 0.5) is 8.78 Å². The van der Waals surface area contributed by atoms with Crippen molar-refractivity contribution in [2.45, 2.75) is 31.8 Å². The molecule has 150 valence electrons. The van der Waals surface area contributed by atoms with E-state index in [0.29, 0.717) is 11.8 Å². The van der Waals surface area contributed by atoms with Gasteiger partial charge in [-0.05, 0) is 24.6 Å². The average Bonchev–Trinajstić information content (AvgIpc) is 3.12. The molecule has 0 bridgehead atoms. The number of aromatic amines is 1. The molecule has 2 rings (SSSR count). The largest absolute Gasteiger partial charge is 0.467 e. The van der Waals surface area contributed by atoms with Gasteiger partial charge in [0.1, 0.15) is 23.7 Å². The van der Waals surface area contributed by atoms with Crippen LogP contribution in [0.1, 0.15) is 18.2 Å². The van der Waals surface area contributed by atoms with Crippen LogP contribution in [0.15, 0.2) is 30.7 Å². The fourth-order valence-electron chi connectivity index (χ4n) is 2.50. The molecule has 10 heteroatoms. The third-order valence-electron chi connectivity index (χ3n) is 3.83. The van der Waals surface area contributed by atoms with Crippen LogP contribution in [0.2, 0.25) is 0 Å². The highest BCUT2D eigenvalue weighted by molar-refractivity contribution is 5.91. The van der Waals surface area contributed by atoms with Crippen LogP contribution in [-0.2, 0) is 32.0 Å². The lowest BCUT2D eigenvalue weighted by Gasteiger charge is -2.19. The number of hydrogen-bond donors (Lipinski definition) is 3. The molecule has 0 saturated carbocycles. The van der Waals surface area contributed by atoms with E-state index >= 15 is 0 Å². The number of H-pyrrole nitrogens is 1. The first kappa shape index (κ1) is 21.0. The minimum atomic E-state index is -0.989. The van der Waals surface area contributed by atoms with Crippen molar-refractivity contribution in [2.24, 2.45) is 0 Å². The van der Waals surface area contributed by atoms with Gasteiger partial charge in [0.05, 0.1) is 25.6 Å². The van der Waals surface area contributed by atoms with Gasteiger partial charge in [-0.1, -0.05) is 0 Å². The summed E-state index contributed by atoms with van der Waals surface area (Å²) in [7, 11) is 1.19. The molecule has 3 N–H and O–H groups in total. The third kappa shape index (κ3) is 6.15. The van der Waals surface area contributed by atoms with Gasteiger partial charge in [-0.25, -0.2) is 18.6 Å². The van der Waals surface area contributed by atoms with Gasteiger partial charge in [-0.2, -0.15) is 0 Å². The van der Waals surface area contributed by atoms with Crippen molar-refractivity contribution in [3.05, 3.63) is 53.6 Å². The number of imidazole rings is 1. The molecule has 0 spiro atoms. The maximum Gasteiger partial charge on any atom is 0.328 e. The van der Waals surface area contributed by atoms with Crippen LogP contribution < -0.4 is 10.6 Å². The molecule has 2 atom stereocenters. The number of benzene rings is 1. The Bertz CT molecular complexity index is 822. The number of aromatic nitrogens is 2. The molecule has 0 aliphatic rings. The van der Waals surface area contributed by atoms with Gasteiger partial charge in [0.15, 0.2) is 0 Å². The number of carbonyl (C=O) groups excluding carboxylic acids is 3. The second kappa shape index (κ2) is 9.58. The number of hydrogen-bond acceptors (Lipinski definition) is 5. The molecule has 28 heavy (non-hydrogen) atoms. The highest BCUT2D eigenvalue weighted by Gasteiger charge is 2.26. The van der Waals surface area contributed by atoms with E-state index in [1.165, 1.54) is 20.4 Å². The Kier molecular flexibility index (Phi) is 7.19. The fraction of sp³-hybridized carbons (Fsp3) is 0.333. The Morgan fingerprint density at radius 3 is 2.43 bits per heavy atom. The summed E-state index contributed by atoms with van der Waals surface area (Å²) in [6.07, 6.45) is 2.81. The number of halogens is 2. The standard InChI is InChI=1S/C18H20F2N4O4/c1-10(23-16(25)5-11-3-12(19)6-13(20)4-11)17(26)24-15(18(27)28-2)7-14-8-21-9-22-14/h3-4,6,8-10,15H,5,7H2,1-2H3,(H,21,22)(H,23,25)(H,24,26). The van der Waals surface area contributed by atoms with E-state index in [2.05, 4.69) is 25.3 Å². The molecular formula is C18H20F2N4O4. The SMILES string of the molecule is COC(=O)C(Cc1c[nH]cn1)NC(=O)C(C)NC(=O)Cc1cc(F)cc(F)c1. The minimum Gasteiger partial charge on any atom is -0.467 e. The predicted octanol–water partition coefficient (Wildman–Crippen LogP) is 0.636. The van der Waals surface area contributed by atoms with Gasteiger partial charge >= 0.3 is 5.97 Å². The van der Waals surface area contributed by atoms with Gasteiger partial charge in [0, 0.05) is 18.7 Å². The quantitative estimate of drug-likeness (QED) is 0.569. The molecule has 0 saturated heterocycles. The monoisotopic (exact) mass is 394 g/mol. The van der Waals surface area contributed by atoms with Crippen LogP contribution in [0.5, 0.6) is 0 Å². The molecule has 2 amide bonds. The average molecular weight is 394 g/mol. The molecule has 1 aromatic carbocycles. The zero-order valence-corrected chi connectivity index (χ0v) is 15.3. The van der Waals surface area contributed by atoms with Crippen molar-refractivity contribution in [3.8, 4) is 0 Å². The number of amides is 2. The number of ether oxygens (including phenoxy) is 1. The lowest BCUT2D eigenvalue weighted by atomic mass is 10.1. The normalized spacial score (nSPS) is 12.7. The van der Waals surface area contributed by atoms with Gasteiger partial charge in [-0.3, -0.25) is 9.59 Å². The van der Waals surface area contributed by atoms with E-state index in [0.717, 1.165) is 12.1 Å². The number of nitrogens with one attached hydrogen (secondary N) is 3. The Labute approximate surface area is 159 Å². The number of rotatable bonds is 8. The lowest BCUT2D eigenvalue weighted by Crippen LogP contribution is -2.51. The molecule has 0 aliphatic carbocycles. The second-order valence-electron chi connectivity index (χ2n) is 6.09. The van der Waals surface area contributed by atoms with Crippen molar-refractivity contribution in [1.29, 1.82) is 0 Å². The molecule has 0 fully saturated rings. The van der Waals surface area contributed by atoms with E-state index in [1.54, 1.807) is 6.20 Å². The smallest absolute Gasteiger partial charge is 0.328 e. The first-order chi connectivity index (χ1) is 13.3. The molecule has 2 unspecified atom stereocenters. The first-order valence-electron chi connectivity index (χ1n) is 8.38. The Hall–Kier alpha value is -3.30. The summed E-state index contributed by atoms with van der Waals surface area (Å²) in [6, 6.07) is 0.786. The zero-order valence-electron chi connectivity index (χ0n) is 15.3. The fourth-order valence-corrected chi connectivity index (χ4v) is 2.50. The number of methoxy groups -OCH3 is 1. The van der Waals surface area contributed by atoms with Crippen molar-refractivity contribution in [1.82, 2.24) is 20.6 Å². The summed E-state index contributed by atoms with van der Waals surface area (Å²) in [5, 5.41) is 4.91. The molecule has 1 heterocycles. The summed E-state index contributed by atoms with van der Waals surface area (Å²) in [6.45, 7) is 1.42. The topological polar surface area (TPSA) is 113 Å². The van der Waals surface area contributed by atoms with Gasteiger partial charge in [-0.15, -0.1) is 0 Å². The number of esters is 1. The zero-order chi connectivity index (χ0) is 20.7. The van der Waals surface area contributed by atoms with Crippen LogP contribution in [-0.4, -0.2) is 46.9 Å². The Morgan fingerprint density at radius 2 is 1.86 bits per heavy atom. The van der Waals surface area contributed by atoms with E-state index in [4.69, 9.17) is 0 Å². The van der Waals surface area contributed by atoms with E-state index in [9.17, 15) is 23.2 Å². The van der Waals surface area contributed by atoms with Gasteiger partial charge in [0.25, 0.3) is 0 Å². The van der Waals surface area contributed by atoms with Crippen LogP contribution in [0.3, 0.4) is 0 Å². The second-order valence-corrected chi connectivity index (χ2v) is 6.09. The van der Waals surface area contributed by atoms with Crippen molar-refractivity contribution < 1.29 is 27.9 Å². The predicted molar refractivity (Wildman–Crippen MR) is 93.9 cm³/mol. The summed E-state index contributed by atoms with van der Waals surface area (Å²) in [5.41, 5.74) is 0.675. The highest BCUT2D eigenvalue weighted by atomic mass is 19.1. The summed E-state index contributed by atoms with van der Waals surface area (Å²) in [4.78, 5) is 43.0. The van der Waals surface area contributed by atoms with Gasteiger partial charge < -0.3 is 20.4 Å². The number of nitrogens with zero attached hydrogens (tertiary/aromatic N) is 1. The van der Waals surface area contributed by atoms with E-state index in [1.807, 2.05) is 0 Å². The Morgan fingerprint density at radius 1 is 1.18 bits per heavy atom. The van der Waals surface area contributed by atoms with E-state index in [-0.39, 0.29) is 18.4 Å². The van der Waals surface area contributed by atoms with Crippen LogP contribution >= 0.6 is 0 Å². The lowest BCUT2D eigenvalue weighted by molar-refractivity contribution is -0.145. The summed E-state index contributed by atoms with van der Waals surface area (Å²) < 4.78 is 31.1. The van der Waals surface area contributed by atoms with Gasteiger partial charge in [0.2, 0.25) is 11.8 Å². The van der Waals surface area contributed by atoms with Crippen LogP contribution in [0.25, 0.3) is 0 Å². The molecule has 0 aliphatic heterocycles. The molecule has 0 radical (unpaired) electrons. The Balaban J connectivity index is 1.93. The maximum absolute atomic E-state index is 13.2. The van der Waals surface area contributed by atoms with E-state index < -0.39 is 41.5 Å². The summed E-state index contributed by atoms with van der Waals surface area (Å²) in [5.74, 6) is -3.48. The third-order valence-corrected chi connectivity index (χ3v) is 3.83. The minimum absolute atomic E-state index is 0.102. The van der Waals surface area contributed by atoms with Crippen LogP contribution in [0, 0.1) is 11.6 Å². The highest BCUT2D eigenvalue weighted by Crippen LogP contribution is 2.08. The molecular weight excluding hydrogens is 374 g/mol. The van der Waals surface area contributed by atoms with Crippen molar-refractivity contribution in [3.63, 3.8) is 0 Å². The molecule has 2 aromatic rings.